The second kappa shape index (κ2) is 9.24. The minimum atomic E-state index is -0.459. The topological polar surface area (TPSA) is 65.1 Å². The van der Waals surface area contributed by atoms with Crippen molar-refractivity contribution >= 4 is 45.6 Å². The quantitative estimate of drug-likeness (QED) is 0.415. The molecule has 31 heavy (non-hydrogen) atoms. The van der Waals surface area contributed by atoms with Crippen molar-refractivity contribution in [3.8, 4) is 0 Å². The number of hydrogen-bond acceptors (Lipinski definition) is 6. The van der Waals surface area contributed by atoms with Gasteiger partial charge in [-0.25, -0.2) is 9.37 Å². The Balaban J connectivity index is 1.70. The molecule has 3 N–H and O–H groups in total. The van der Waals surface area contributed by atoms with E-state index in [-0.39, 0.29) is 5.02 Å². The molecular weight excluding hydrogens is 415 g/mol. The molecule has 0 bridgehead atoms. The summed E-state index contributed by atoms with van der Waals surface area (Å²) >= 11 is 5.94. The van der Waals surface area contributed by atoms with Crippen molar-refractivity contribution in [3.05, 3.63) is 47.2 Å². The van der Waals surface area contributed by atoms with E-state index < -0.39 is 5.82 Å². The molecule has 1 saturated carbocycles. The van der Waals surface area contributed by atoms with Crippen molar-refractivity contribution in [2.45, 2.75) is 25.8 Å². The molecule has 3 aromatic rings. The highest BCUT2D eigenvalue weighted by Crippen LogP contribution is 2.36. The van der Waals surface area contributed by atoms with Crippen molar-refractivity contribution < 1.29 is 4.39 Å². The first-order valence-electron chi connectivity index (χ1n) is 10.6. The number of nitrogens with zero attached hydrogens (tertiary/aromatic N) is 3. The van der Waals surface area contributed by atoms with Crippen LogP contribution < -0.4 is 16.0 Å². The molecule has 0 radical (unpaired) electrons. The van der Waals surface area contributed by atoms with Crippen molar-refractivity contribution in [2.75, 3.05) is 43.1 Å². The van der Waals surface area contributed by atoms with Crippen LogP contribution in [-0.4, -0.2) is 48.1 Å². The van der Waals surface area contributed by atoms with Gasteiger partial charge in [-0.3, -0.25) is 0 Å². The van der Waals surface area contributed by atoms with Crippen LogP contribution >= 0.6 is 11.6 Å². The number of aromatic nitrogens is 2. The summed E-state index contributed by atoms with van der Waals surface area (Å²) < 4.78 is 13.6. The maximum Gasteiger partial charge on any atom is 0.229 e. The van der Waals surface area contributed by atoms with E-state index in [4.69, 9.17) is 21.6 Å². The normalized spacial score (nSPS) is 14.6. The van der Waals surface area contributed by atoms with Gasteiger partial charge in [0.15, 0.2) is 0 Å². The van der Waals surface area contributed by atoms with Gasteiger partial charge < -0.3 is 20.9 Å². The van der Waals surface area contributed by atoms with E-state index in [1.165, 1.54) is 25.0 Å². The lowest BCUT2D eigenvalue weighted by Crippen LogP contribution is -2.21. The molecule has 1 aliphatic carbocycles. The second-order valence-corrected chi connectivity index (χ2v) is 8.76. The number of likely N-dealkylation sites (N-methyl/N-ethyl adjacent to an activating group) is 1. The highest BCUT2D eigenvalue weighted by Gasteiger charge is 2.28. The number of para-hydroxylation sites is 1. The summed E-state index contributed by atoms with van der Waals surface area (Å²) in [6, 6.07) is 10.9. The number of anilines is 4. The highest BCUT2D eigenvalue weighted by molar-refractivity contribution is 6.31. The molecular formula is C23H28ClFN6. The molecule has 0 spiro atoms. The molecule has 6 nitrogen and oxygen atoms in total. The lowest BCUT2D eigenvalue weighted by Gasteiger charge is -2.18. The minimum absolute atomic E-state index is 0.0533. The van der Waals surface area contributed by atoms with Gasteiger partial charge in [-0.05, 0) is 70.1 Å². The zero-order valence-corrected chi connectivity index (χ0v) is 18.8. The van der Waals surface area contributed by atoms with Crippen LogP contribution in [0.25, 0.3) is 10.9 Å². The maximum atomic E-state index is 13.6. The van der Waals surface area contributed by atoms with E-state index in [0.29, 0.717) is 23.6 Å². The number of nitrogens with one attached hydrogen (secondary N) is 3. The molecule has 0 unspecified atom stereocenters. The van der Waals surface area contributed by atoms with Crippen molar-refractivity contribution in [3.63, 3.8) is 0 Å². The second-order valence-electron chi connectivity index (χ2n) is 8.35. The summed E-state index contributed by atoms with van der Waals surface area (Å²) in [7, 11) is 4.09. The van der Waals surface area contributed by atoms with Gasteiger partial charge in [0.1, 0.15) is 17.2 Å². The minimum Gasteiger partial charge on any atom is -0.382 e. The Bertz CT molecular complexity index is 1070. The monoisotopic (exact) mass is 442 g/mol. The first-order valence-corrected chi connectivity index (χ1v) is 11.0. The molecule has 8 heteroatoms. The smallest absolute Gasteiger partial charge is 0.229 e. The number of rotatable bonds is 9. The fraction of sp³-hybridized carbons (Fsp3) is 0.391. The lowest BCUT2D eigenvalue weighted by molar-refractivity contribution is 0.425. The first kappa shape index (κ1) is 21.6. The molecule has 4 rings (SSSR count). The van der Waals surface area contributed by atoms with Crippen LogP contribution in [0.15, 0.2) is 36.4 Å². The Morgan fingerprint density at radius 2 is 2.00 bits per heavy atom. The van der Waals surface area contributed by atoms with Crippen LogP contribution in [0.1, 0.15) is 19.8 Å². The molecule has 0 amide bonds. The summed E-state index contributed by atoms with van der Waals surface area (Å²) in [5.41, 5.74) is 2.41. The van der Waals surface area contributed by atoms with E-state index in [9.17, 15) is 4.39 Å². The molecule has 1 aromatic heterocycles. The lowest BCUT2D eigenvalue weighted by atomic mass is 10.1. The predicted molar refractivity (Wildman–Crippen MR) is 127 cm³/mol. The standard InChI is InChI=1S/C23H28ClFN6/c1-14(15-7-8-15)27-22-17-5-4-6-20(26-11-12-31(2)3)21(17)29-23(30-22)28-16-9-10-19(25)18(24)13-16/h4-6,9-10,13-15,26H,7-8,11-12H2,1-3H3,(H2,27,28,29,30)/t14-/m1/s1. The third-order valence-corrected chi connectivity index (χ3v) is 5.76. The average molecular weight is 443 g/mol. The van der Waals surface area contributed by atoms with Gasteiger partial charge >= 0.3 is 0 Å². The molecule has 164 valence electrons. The van der Waals surface area contributed by atoms with Crippen LogP contribution in [0.2, 0.25) is 5.02 Å². The molecule has 1 aliphatic rings. The van der Waals surface area contributed by atoms with Crippen LogP contribution in [0.4, 0.5) is 27.5 Å². The third kappa shape index (κ3) is 5.35. The summed E-state index contributed by atoms with van der Waals surface area (Å²) in [6.07, 6.45) is 2.49. The Hall–Kier alpha value is -2.64. The van der Waals surface area contributed by atoms with Crippen molar-refractivity contribution in [2.24, 2.45) is 5.92 Å². The number of hydrogen-bond donors (Lipinski definition) is 3. The van der Waals surface area contributed by atoms with Gasteiger partial charge in [-0.2, -0.15) is 4.98 Å². The fourth-order valence-corrected chi connectivity index (χ4v) is 3.69. The Morgan fingerprint density at radius 1 is 1.19 bits per heavy atom. The molecule has 1 heterocycles. The van der Waals surface area contributed by atoms with Crippen molar-refractivity contribution in [1.82, 2.24) is 14.9 Å². The molecule has 0 aliphatic heterocycles. The van der Waals surface area contributed by atoms with E-state index in [2.05, 4.69) is 27.8 Å². The van der Waals surface area contributed by atoms with Crippen LogP contribution in [-0.2, 0) is 0 Å². The summed E-state index contributed by atoms with van der Waals surface area (Å²) in [5, 5.41) is 11.3. The van der Waals surface area contributed by atoms with E-state index in [1.807, 2.05) is 32.3 Å². The van der Waals surface area contributed by atoms with Crippen LogP contribution in [0.5, 0.6) is 0 Å². The molecule has 2 aromatic carbocycles. The predicted octanol–water partition coefficient (Wildman–Crippen LogP) is 5.35. The van der Waals surface area contributed by atoms with Gasteiger partial charge in [0.05, 0.1) is 10.7 Å². The van der Waals surface area contributed by atoms with Gasteiger partial charge in [-0.1, -0.05) is 17.7 Å². The summed E-state index contributed by atoms with van der Waals surface area (Å²) in [6.45, 7) is 3.90. The summed E-state index contributed by atoms with van der Waals surface area (Å²) in [4.78, 5) is 11.6. The SMILES string of the molecule is C[C@@H](Nc1nc(Nc2ccc(F)c(Cl)c2)nc2c(NCCN(C)C)cccc12)C1CC1. The average Bonchev–Trinajstić information content (AvgIpc) is 3.56. The number of fused-ring (bicyclic) bond motifs is 1. The first-order chi connectivity index (χ1) is 14.9. The zero-order chi connectivity index (χ0) is 22.0. The Labute approximate surface area is 187 Å². The van der Waals surface area contributed by atoms with Gasteiger partial charge in [-0.15, -0.1) is 0 Å². The summed E-state index contributed by atoms with van der Waals surface area (Å²) in [5.74, 6) is 1.44. The van der Waals surface area contributed by atoms with E-state index >= 15 is 0 Å². The van der Waals surface area contributed by atoms with Gasteiger partial charge in [0, 0.05) is 30.2 Å². The van der Waals surface area contributed by atoms with E-state index in [0.717, 1.165) is 35.5 Å². The fourth-order valence-electron chi connectivity index (χ4n) is 3.51. The molecule has 1 atom stereocenters. The Morgan fingerprint density at radius 3 is 2.71 bits per heavy atom. The highest BCUT2D eigenvalue weighted by atomic mass is 35.5. The molecule has 1 fully saturated rings. The van der Waals surface area contributed by atoms with Crippen molar-refractivity contribution in [1.29, 1.82) is 0 Å². The van der Waals surface area contributed by atoms with Crippen LogP contribution in [0.3, 0.4) is 0 Å². The zero-order valence-electron chi connectivity index (χ0n) is 18.0. The number of benzene rings is 2. The van der Waals surface area contributed by atoms with Gasteiger partial charge in [0.2, 0.25) is 5.95 Å². The largest absolute Gasteiger partial charge is 0.382 e. The number of halogens is 2. The third-order valence-electron chi connectivity index (χ3n) is 5.47. The molecule has 0 saturated heterocycles. The van der Waals surface area contributed by atoms with Crippen LogP contribution in [0, 0.1) is 11.7 Å². The van der Waals surface area contributed by atoms with E-state index in [1.54, 1.807) is 6.07 Å². The Kier molecular flexibility index (Phi) is 6.43. The maximum absolute atomic E-state index is 13.6. The van der Waals surface area contributed by atoms with Gasteiger partial charge in [0.25, 0.3) is 0 Å².